The summed E-state index contributed by atoms with van der Waals surface area (Å²) in [6, 6.07) is 24.3. The quantitative estimate of drug-likeness (QED) is 0.299. The monoisotopic (exact) mass is 545 g/mol. The number of carboxylic acid groups (broad SMARTS) is 1. The van der Waals surface area contributed by atoms with Gasteiger partial charge in [0.2, 0.25) is 15.9 Å². The smallest absolute Gasteiger partial charge is 0.330 e. The molecule has 1 fully saturated rings. The second kappa shape index (κ2) is 11.0. The molecule has 1 heterocycles. The summed E-state index contributed by atoms with van der Waals surface area (Å²) in [7, 11) is -1.84. The van der Waals surface area contributed by atoms with Gasteiger partial charge < -0.3 is 15.0 Å². The molecule has 4 aromatic rings. The zero-order valence-electron chi connectivity index (χ0n) is 21.6. The van der Waals surface area contributed by atoms with E-state index in [1.807, 2.05) is 54.1 Å². The van der Waals surface area contributed by atoms with Gasteiger partial charge in [-0.15, -0.1) is 0 Å². The average molecular weight is 546 g/mol. The van der Waals surface area contributed by atoms with Crippen LogP contribution in [0.25, 0.3) is 22.2 Å². The number of carboxylic acids is 1. The molecule has 3 N–H and O–H groups in total. The predicted octanol–water partition coefficient (Wildman–Crippen LogP) is 4.62. The molecule has 1 atom stereocenters. The minimum absolute atomic E-state index is 0.197. The van der Waals surface area contributed by atoms with Crippen molar-refractivity contribution in [3.8, 4) is 11.3 Å². The number of hydrogen-bond donors (Lipinski definition) is 3. The lowest BCUT2D eigenvalue weighted by Crippen LogP contribution is -2.42. The molecule has 1 aromatic heterocycles. The van der Waals surface area contributed by atoms with Gasteiger partial charge in [0.15, 0.2) is 6.04 Å². The minimum atomic E-state index is -3.77. The lowest BCUT2D eigenvalue weighted by Gasteiger charge is -2.29. The van der Waals surface area contributed by atoms with Crippen molar-refractivity contribution in [3.63, 3.8) is 0 Å². The fraction of sp³-hybridized carbons (Fsp3) is 0.267. The molecule has 202 valence electrons. The van der Waals surface area contributed by atoms with E-state index in [0.29, 0.717) is 31.2 Å². The Bertz CT molecular complexity index is 1590. The largest absolute Gasteiger partial charge is 0.479 e. The SMILES string of the molecule is Cn1c(-c2ccccc2)cc2ccc(S(=O)(=O)NC3CCC(C(=O)N[C@H](C(=O)O)c4ccccc4)CC3)cc21. The predicted molar refractivity (Wildman–Crippen MR) is 149 cm³/mol. The molecule has 5 rings (SSSR count). The van der Waals surface area contributed by atoms with Gasteiger partial charge in [-0.2, -0.15) is 0 Å². The highest BCUT2D eigenvalue weighted by Gasteiger charge is 2.32. The molecule has 3 aromatic carbocycles. The molecule has 39 heavy (non-hydrogen) atoms. The van der Waals surface area contributed by atoms with Crippen LogP contribution in [0, 0.1) is 5.92 Å². The Morgan fingerprint density at radius 2 is 1.54 bits per heavy atom. The number of nitrogens with one attached hydrogen (secondary N) is 2. The van der Waals surface area contributed by atoms with Crippen molar-refractivity contribution >= 4 is 32.8 Å². The molecule has 0 aliphatic heterocycles. The third kappa shape index (κ3) is 5.74. The van der Waals surface area contributed by atoms with Gasteiger partial charge in [0, 0.05) is 35.6 Å². The van der Waals surface area contributed by atoms with Gasteiger partial charge >= 0.3 is 5.97 Å². The lowest BCUT2D eigenvalue weighted by atomic mass is 9.85. The summed E-state index contributed by atoms with van der Waals surface area (Å²) < 4.78 is 31.3. The molecule has 8 nitrogen and oxygen atoms in total. The van der Waals surface area contributed by atoms with Crippen LogP contribution in [-0.2, 0) is 26.7 Å². The first-order valence-corrected chi connectivity index (χ1v) is 14.5. The van der Waals surface area contributed by atoms with Gasteiger partial charge in [0.1, 0.15) is 0 Å². The molecule has 0 unspecified atom stereocenters. The number of amides is 1. The molecule has 1 amide bonds. The van der Waals surface area contributed by atoms with Crippen molar-refractivity contribution in [2.24, 2.45) is 13.0 Å². The summed E-state index contributed by atoms with van der Waals surface area (Å²) in [4.78, 5) is 24.8. The molecule has 1 aliphatic rings. The van der Waals surface area contributed by atoms with E-state index in [1.54, 1.807) is 42.5 Å². The second-order valence-electron chi connectivity index (χ2n) is 10.0. The molecule has 0 spiro atoms. The Kier molecular flexibility index (Phi) is 7.54. The van der Waals surface area contributed by atoms with E-state index in [1.165, 1.54) is 0 Å². The molecular formula is C30H31N3O5S. The van der Waals surface area contributed by atoms with Crippen LogP contribution in [0.3, 0.4) is 0 Å². The minimum Gasteiger partial charge on any atom is -0.479 e. The Morgan fingerprint density at radius 3 is 2.18 bits per heavy atom. The zero-order chi connectivity index (χ0) is 27.6. The van der Waals surface area contributed by atoms with Crippen LogP contribution < -0.4 is 10.0 Å². The summed E-state index contributed by atoms with van der Waals surface area (Å²) >= 11 is 0. The number of aryl methyl sites for hydroxylation is 1. The lowest BCUT2D eigenvalue weighted by molar-refractivity contribution is -0.142. The number of fused-ring (bicyclic) bond motifs is 1. The van der Waals surface area contributed by atoms with E-state index >= 15 is 0 Å². The van der Waals surface area contributed by atoms with Crippen molar-refractivity contribution in [1.29, 1.82) is 0 Å². The Morgan fingerprint density at radius 1 is 0.897 bits per heavy atom. The third-order valence-electron chi connectivity index (χ3n) is 7.48. The maximum Gasteiger partial charge on any atom is 0.330 e. The number of carbonyl (C=O) groups is 2. The fourth-order valence-electron chi connectivity index (χ4n) is 5.32. The van der Waals surface area contributed by atoms with Crippen LogP contribution in [0.5, 0.6) is 0 Å². The highest BCUT2D eigenvalue weighted by Crippen LogP contribution is 2.30. The second-order valence-corrected chi connectivity index (χ2v) is 11.7. The van der Waals surface area contributed by atoms with E-state index in [-0.39, 0.29) is 22.8 Å². The van der Waals surface area contributed by atoms with E-state index in [0.717, 1.165) is 22.2 Å². The number of benzene rings is 3. The highest BCUT2D eigenvalue weighted by molar-refractivity contribution is 7.89. The maximum absolute atomic E-state index is 13.3. The van der Waals surface area contributed by atoms with Crippen molar-refractivity contribution < 1.29 is 23.1 Å². The van der Waals surface area contributed by atoms with Crippen LogP contribution in [0.2, 0.25) is 0 Å². The summed E-state index contributed by atoms with van der Waals surface area (Å²) in [5, 5.41) is 13.2. The van der Waals surface area contributed by atoms with Crippen molar-refractivity contribution in [1.82, 2.24) is 14.6 Å². The number of sulfonamides is 1. The normalized spacial score (nSPS) is 18.5. The molecule has 0 radical (unpaired) electrons. The highest BCUT2D eigenvalue weighted by atomic mass is 32.2. The van der Waals surface area contributed by atoms with Crippen LogP contribution in [-0.4, -0.2) is 36.0 Å². The number of hydrogen-bond acceptors (Lipinski definition) is 4. The molecule has 1 saturated carbocycles. The first-order chi connectivity index (χ1) is 18.7. The van der Waals surface area contributed by atoms with Gasteiger partial charge in [-0.05, 0) is 55.0 Å². The van der Waals surface area contributed by atoms with Crippen LogP contribution in [0.1, 0.15) is 37.3 Å². The Hall–Kier alpha value is -3.95. The third-order valence-corrected chi connectivity index (χ3v) is 9.00. The van der Waals surface area contributed by atoms with Gasteiger partial charge in [0.25, 0.3) is 0 Å². The van der Waals surface area contributed by atoms with Gasteiger partial charge in [-0.25, -0.2) is 17.9 Å². The Labute approximate surface area is 227 Å². The zero-order valence-corrected chi connectivity index (χ0v) is 22.4. The van der Waals surface area contributed by atoms with Crippen LogP contribution >= 0.6 is 0 Å². The van der Waals surface area contributed by atoms with Gasteiger partial charge in [-0.3, -0.25) is 4.79 Å². The number of carbonyl (C=O) groups excluding carboxylic acids is 1. The van der Waals surface area contributed by atoms with Crippen LogP contribution in [0.15, 0.2) is 89.8 Å². The maximum atomic E-state index is 13.3. The number of rotatable bonds is 8. The topological polar surface area (TPSA) is 118 Å². The summed E-state index contributed by atoms with van der Waals surface area (Å²) in [5.74, 6) is -1.81. The summed E-state index contributed by atoms with van der Waals surface area (Å²) in [6.45, 7) is 0. The van der Waals surface area contributed by atoms with Crippen molar-refractivity contribution in [2.45, 2.75) is 42.7 Å². The number of aromatic nitrogens is 1. The molecule has 9 heteroatoms. The van der Waals surface area contributed by atoms with E-state index in [9.17, 15) is 23.1 Å². The molecule has 0 saturated heterocycles. The fourth-order valence-corrected chi connectivity index (χ4v) is 6.64. The standard InChI is InChI=1S/C30H31N3O5S/c1-33-26(20-8-4-2-5-9-20)18-23-14-17-25(19-27(23)33)39(37,38)32-24-15-12-22(13-16-24)29(34)31-28(30(35)36)21-10-6-3-7-11-21/h2-11,14,17-19,22,24,28,32H,12-13,15-16H2,1H3,(H,31,34)(H,35,36)/t22?,24?,28-/m0/s1. The molecule has 0 bridgehead atoms. The van der Waals surface area contributed by atoms with Gasteiger partial charge in [0.05, 0.1) is 4.90 Å². The van der Waals surface area contributed by atoms with E-state index in [2.05, 4.69) is 10.0 Å². The first kappa shape index (κ1) is 26.6. The van der Waals surface area contributed by atoms with Crippen molar-refractivity contribution in [2.75, 3.05) is 0 Å². The number of aliphatic carboxylic acids is 1. The summed E-state index contributed by atoms with van der Waals surface area (Å²) in [6.07, 6.45) is 1.92. The van der Waals surface area contributed by atoms with Crippen molar-refractivity contribution in [3.05, 3.63) is 90.5 Å². The number of nitrogens with zero attached hydrogens (tertiary/aromatic N) is 1. The van der Waals surface area contributed by atoms with Gasteiger partial charge in [-0.1, -0.05) is 66.7 Å². The first-order valence-electron chi connectivity index (χ1n) is 13.0. The van der Waals surface area contributed by atoms with Crippen LogP contribution in [0.4, 0.5) is 0 Å². The Balaban J connectivity index is 1.23. The van der Waals surface area contributed by atoms with E-state index < -0.39 is 22.0 Å². The average Bonchev–Trinajstić information content (AvgIpc) is 3.28. The molecular weight excluding hydrogens is 514 g/mol. The summed E-state index contributed by atoms with van der Waals surface area (Å²) in [5.41, 5.74) is 3.38. The van der Waals surface area contributed by atoms with E-state index in [4.69, 9.17) is 0 Å². The molecule has 1 aliphatic carbocycles.